The van der Waals surface area contributed by atoms with Gasteiger partial charge in [0.2, 0.25) is 0 Å². The third-order valence-electron chi connectivity index (χ3n) is 3.03. The van der Waals surface area contributed by atoms with Crippen molar-refractivity contribution in [2.75, 3.05) is 19.8 Å². The predicted molar refractivity (Wildman–Crippen MR) is 66.4 cm³/mol. The fraction of sp³-hybridized carbons (Fsp3) is 0.417. The molecule has 1 N–H and O–H groups in total. The summed E-state index contributed by atoms with van der Waals surface area (Å²) in [6.07, 6.45) is 6.60. The van der Waals surface area contributed by atoms with E-state index in [1.54, 1.807) is 6.20 Å². The molecule has 0 radical (unpaired) electrons. The zero-order valence-electron chi connectivity index (χ0n) is 9.40. The summed E-state index contributed by atoms with van der Waals surface area (Å²) in [5.74, 6) is 0. The summed E-state index contributed by atoms with van der Waals surface area (Å²) in [5.41, 5.74) is 1.97. The van der Waals surface area contributed by atoms with Gasteiger partial charge in [0, 0.05) is 25.2 Å². The summed E-state index contributed by atoms with van der Waals surface area (Å²) in [5, 5.41) is 4.20. The van der Waals surface area contributed by atoms with Crippen LogP contribution in [0.2, 0.25) is 5.02 Å². The number of pyridine rings is 1. The Balaban J connectivity index is 1.99. The van der Waals surface area contributed by atoms with Crippen molar-refractivity contribution in [2.24, 2.45) is 0 Å². The SMILES string of the molecule is Clc1cn2ccnc2cc1C1COCCCN1. The number of imidazole rings is 1. The normalized spacial score (nSPS) is 21.6. The zero-order chi connectivity index (χ0) is 11.7. The monoisotopic (exact) mass is 251 g/mol. The van der Waals surface area contributed by atoms with Crippen LogP contribution >= 0.6 is 11.6 Å². The summed E-state index contributed by atoms with van der Waals surface area (Å²) in [6, 6.07) is 2.18. The first kappa shape index (κ1) is 11.0. The first-order valence-electron chi connectivity index (χ1n) is 5.78. The van der Waals surface area contributed by atoms with E-state index in [1.807, 2.05) is 22.9 Å². The molecule has 17 heavy (non-hydrogen) atoms. The standard InChI is InChI=1S/C12H14ClN3O/c13-10-7-16-4-3-15-12(16)6-9(10)11-8-17-5-1-2-14-11/h3-4,6-7,11,14H,1-2,5,8H2. The van der Waals surface area contributed by atoms with E-state index in [4.69, 9.17) is 16.3 Å². The van der Waals surface area contributed by atoms with Gasteiger partial charge >= 0.3 is 0 Å². The van der Waals surface area contributed by atoms with Crippen LogP contribution in [0.15, 0.2) is 24.7 Å². The molecule has 0 amide bonds. The summed E-state index contributed by atoms with van der Waals surface area (Å²) >= 11 is 6.30. The zero-order valence-corrected chi connectivity index (χ0v) is 10.2. The summed E-state index contributed by atoms with van der Waals surface area (Å²) in [7, 11) is 0. The van der Waals surface area contributed by atoms with Gasteiger partial charge in [-0.2, -0.15) is 0 Å². The Morgan fingerprint density at radius 1 is 1.53 bits per heavy atom. The van der Waals surface area contributed by atoms with Crippen LogP contribution in [-0.4, -0.2) is 29.1 Å². The van der Waals surface area contributed by atoms with Crippen molar-refractivity contribution in [3.8, 4) is 0 Å². The average molecular weight is 252 g/mol. The van der Waals surface area contributed by atoms with Crippen molar-refractivity contribution < 1.29 is 4.74 Å². The molecule has 4 nitrogen and oxygen atoms in total. The Morgan fingerprint density at radius 3 is 3.41 bits per heavy atom. The molecule has 0 aromatic carbocycles. The molecule has 1 aliphatic heterocycles. The lowest BCUT2D eigenvalue weighted by molar-refractivity contribution is 0.131. The smallest absolute Gasteiger partial charge is 0.137 e. The van der Waals surface area contributed by atoms with Crippen LogP contribution in [0.1, 0.15) is 18.0 Å². The van der Waals surface area contributed by atoms with Crippen LogP contribution in [-0.2, 0) is 4.74 Å². The molecular weight excluding hydrogens is 238 g/mol. The molecule has 0 spiro atoms. The molecule has 0 aliphatic carbocycles. The first-order chi connectivity index (χ1) is 8.34. The quantitative estimate of drug-likeness (QED) is 0.843. The maximum Gasteiger partial charge on any atom is 0.137 e. The van der Waals surface area contributed by atoms with E-state index in [0.717, 1.165) is 35.8 Å². The molecule has 2 aromatic heterocycles. The Hall–Kier alpha value is -1.10. The van der Waals surface area contributed by atoms with Gasteiger partial charge < -0.3 is 14.5 Å². The van der Waals surface area contributed by atoms with Crippen LogP contribution in [0.3, 0.4) is 0 Å². The molecule has 1 aliphatic rings. The van der Waals surface area contributed by atoms with Crippen LogP contribution in [0.25, 0.3) is 5.65 Å². The third kappa shape index (κ3) is 2.16. The number of ether oxygens (including phenoxy) is 1. The maximum absolute atomic E-state index is 6.30. The van der Waals surface area contributed by atoms with Gasteiger partial charge in [-0.1, -0.05) is 11.6 Å². The van der Waals surface area contributed by atoms with Gasteiger partial charge in [0.15, 0.2) is 0 Å². The Bertz CT molecular complexity index is 517. The van der Waals surface area contributed by atoms with E-state index in [-0.39, 0.29) is 6.04 Å². The molecule has 1 atom stereocenters. The van der Waals surface area contributed by atoms with Crippen LogP contribution in [0.4, 0.5) is 0 Å². The van der Waals surface area contributed by atoms with Crippen molar-refractivity contribution >= 4 is 17.2 Å². The lowest BCUT2D eigenvalue weighted by Gasteiger charge is -2.17. The van der Waals surface area contributed by atoms with E-state index in [0.29, 0.717) is 6.61 Å². The second-order valence-electron chi connectivity index (χ2n) is 4.20. The summed E-state index contributed by atoms with van der Waals surface area (Å²) in [4.78, 5) is 4.27. The lowest BCUT2D eigenvalue weighted by atomic mass is 10.1. The molecule has 1 saturated heterocycles. The van der Waals surface area contributed by atoms with Crippen molar-refractivity contribution in [1.29, 1.82) is 0 Å². The molecule has 90 valence electrons. The van der Waals surface area contributed by atoms with E-state index >= 15 is 0 Å². The highest BCUT2D eigenvalue weighted by Gasteiger charge is 2.17. The molecule has 3 heterocycles. The highest BCUT2D eigenvalue weighted by atomic mass is 35.5. The van der Waals surface area contributed by atoms with Gasteiger partial charge in [0.05, 0.1) is 17.7 Å². The number of nitrogens with one attached hydrogen (secondary N) is 1. The minimum atomic E-state index is 0.159. The number of aromatic nitrogens is 2. The van der Waals surface area contributed by atoms with Crippen LogP contribution in [0, 0.1) is 0 Å². The van der Waals surface area contributed by atoms with Gasteiger partial charge in [-0.25, -0.2) is 4.98 Å². The minimum absolute atomic E-state index is 0.159. The highest BCUT2D eigenvalue weighted by molar-refractivity contribution is 6.31. The molecule has 5 heteroatoms. The molecule has 2 aromatic rings. The Labute approximate surface area is 105 Å². The Kier molecular flexibility index (Phi) is 3.01. The predicted octanol–water partition coefficient (Wildman–Crippen LogP) is 2.04. The minimum Gasteiger partial charge on any atom is -0.379 e. The van der Waals surface area contributed by atoms with E-state index in [9.17, 15) is 0 Å². The average Bonchev–Trinajstić information content (AvgIpc) is 2.62. The second kappa shape index (κ2) is 4.64. The molecule has 0 bridgehead atoms. The van der Waals surface area contributed by atoms with Crippen molar-refractivity contribution in [3.63, 3.8) is 0 Å². The van der Waals surface area contributed by atoms with Gasteiger partial charge in [-0.3, -0.25) is 0 Å². The van der Waals surface area contributed by atoms with E-state index in [1.165, 1.54) is 0 Å². The largest absolute Gasteiger partial charge is 0.379 e. The molecule has 1 fully saturated rings. The Morgan fingerprint density at radius 2 is 2.47 bits per heavy atom. The molecular formula is C12H14ClN3O. The van der Waals surface area contributed by atoms with Gasteiger partial charge in [0.1, 0.15) is 5.65 Å². The lowest BCUT2D eigenvalue weighted by Crippen LogP contribution is -2.23. The van der Waals surface area contributed by atoms with Gasteiger partial charge in [-0.15, -0.1) is 0 Å². The van der Waals surface area contributed by atoms with Crippen molar-refractivity contribution in [2.45, 2.75) is 12.5 Å². The van der Waals surface area contributed by atoms with Crippen LogP contribution < -0.4 is 5.32 Å². The summed E-state index contributed by atoms with van der Waals surface area (Å²) < 4.78 is 7.48. The topological polar surface area (TPSA) is 38.6 Å². The number of halogens is 1. The second-order valence-corrected chi connectivity index (χ2v) is 4.61. The number of nitrogens with zero attached hydrogens (tertiary/aromatic N) is 2. The third-order valence-corrected chi connectivity index (χ3v) is 3.34. The van der Waals surface area contributed by atoms with Crippen molar-refractivity contribution in [1.82, 2.24) is 14.7 Å². The first-order valence-corrected chi connectivity index (χ1v) is 6.15. The van der Waals surface area contributed by atoms with E-state index in [2.05, 4.69) is 10.3 Å². The van der Waals surface area contributed by atoms with Gasteiger partial charge in [0.25, 0.3) is 0 Å². The summed E-state index contributed by atoms with van der Waals surface area (Å²) in [6.45, 7) is 2.43. The number of rotatable bonds is 1. The molecule has 0 saturated carbocycles. The molecule has 3 rings (SSSR count). The maximum atomic E-state index is 6.30. The fourth-order valence-corrected chi connectivity index (χ4v) is 2.42. The number of hydrogen-bond donors (Lipinski definition) is 1. The van der Waals surface area contributed by atoms with E-state index < -0.39 is 0 Å². The molecule has 1 unspecified atom stereocenters. The van der Waals surface area contributed by atoms with Gasteiger partial charge in [-0.05, 0) is 24.6 Å². The van der Waals surface area contributed by atoms with Crippen molar-refractivity contribution in [3.05, 3.63) is 35.2 Å². The number of fused-ring (bicyclic) bond motifs is 1. The van der Waals surface area contributed by atoms with Crippen LogP contribution in [0.5, 0.6) is 0 Å². The number of hydrogen-bond acceptors (Lipinski definition) is 3. The highest BCUT2D eigenvalue weighted by Crippen LogP contribution is 2.25. The fourth-order valence-electron chi connectivity index (χ4n) is 2.13.